The van der Waals surface area contributed by atoms with Gasteiger partial charge in [-0.1, -0.05) is 91.8 Å². The molecule has 3 heteroatoms. The molecule has 1 unspecified atom stereocenters. The smallest absolute Gasteiger partial charge is 1.00 e. The van der Waals surface area contributed by atoms with Gasteiger partial charge in [-0.05, 0) is 5.41 Å². The third kappa shape index (κ3) is 4.35. The Hall–Kier alpha value is -0.287. The maximum atomic E-state index is 6.85. The molecule has 0 spiro atoms. The summed E-state index contributed by atoms with van der Waals surface area (Å²) >= 11 is 6.85. The fourth-order valence-corrected chi connectivity index (χ4v) is 6.56. The SMILES string of the molecule is CC(C)(C)C(Cl)[SiH](c1ccccc1)c1ccccc1.[H-].[H-].[Mg+2]. The molecule has 0 bridgehead atoms. The molecule has 1 atom stereocenters. The zero-order valence-corrected chi connectivity index (χ0v) is 15.8. The van der Waals surface area contributed by atoms with Gasteiger partial charge in [-0.3, -0.25) is 0 Å². The molecule has 0 amide bonds. The molecule has 104 valence electrons. The molecule has 20 heavy (non-hydrogen) atoms. The number of benzene rings is 2. The van der Waals surface area contributed by atoms with Crippen LogP contribution in [0.25, 0.3) is 0 Å². The number of alkyl halides is 1. The van der Waals surface area contributed by atoms with Gasteiger partial charge in [0.1, 0.15) is 8.80 Å². The van der Waals surface area contributed by atoms with E-state index in [9.17, 15) is 0 Å². The van der Waals surface area contributed by atoms with Gasteiger partial charge in [-0.2, -0.15) is 0 Å². The Morgan fingerprint density at radius 2 is 1.20 bits per heavy atom. The predicted octanol–water partition coefficient (Wildman–Crippen LogP) is 3.06. The monoisotopic (exact) mass is 314 g/mol. The van der Waals surface area contributed by atoms with Crippen molar-refractivity contribution in [1.29, 1.82) is 0 Å². The fourth-order valence-electron chi connectivity index (χ4n) is 2.35. The van der Waals surface area contributed by atoms with Crippen LogP contribution in [0.3, 0.4) is 0 Å². The Morgan fingerprint density at radius 3 is 1.50 bits per heavy atom. The van der Waals surface area contributed by atoms with Crippen LogP contribution in [-0.2, 0) is 0 Å². The van der Waals surface area contributed by atoms with Gasteiger partial charge in [0.2, 0.25) is 0 Å². The van der Waals surface area contributed by atoms with Gasteiger partial charge in [-0.25, -0.2) is 0 Å². The van der Waals surface area contributed by atoms with Crippen LogP contribution >= 0.6 is 11.6 Å². The van der Waals surface area contributed by atoms with E-state index in [2.05, 4.69) is 81.4 Å². The first-order valence-electron chi connectivity index (χ1n) is 6.74. The molecule has 0 aromatic heterocycles. The molecular weight excluding hydrogens is 292 g/mol. The number of halogens is 1. The molecule has 0 N–H and O–H groups in total. The summed E-state index contributed by atoms with van der Waals surface area (Å²) in [6.45, 7) is 6.70. The first-order valence-corrected chi connectivity index (χ1v) is 9.00. The maximum absolute atomic E-state index is 6.85. The van der Waals surface area contributed by atoms with Gasteiger partial charge in [0.05, 0.1) is 0 Å². The van der Waals surface area contributed by atoms with Crippen molar-refractivity contribution in [3.05, 3.63) is 60.7 Å². The first kappa shape index (κ1) is 17.8. The van der Waals surface area contributed by atoms with Crippen LogP contribution in [0.4, 0.5) is 0 Å². The van der Waals surface area contributed by atoms with Crippen molar-refractivity contribution >= 4 is 53.8 Å². The molecule has 2 aromatic carbocycles. The van der Waals surface area contributed by atoms with Crippen molar-refractivity contribution in [2.75, 3.05) is 0 Å². The Balaban J connectivity index is 0. The summed E-state index contributed by atoms with van der Waals surface area (Å²) in [7, 11) is -1.40. The van der Waals surface area contributed by atoms with Crippen molar-refractivity contribution in [1.82, 2.24) is 0 Å². The first-order chi connectivity index (χ1) is 9.00. The Kier molecular flexibility index (Phi) is 6.79. The van der Waals surface area contributed by atoms with Crippen molar-refractivity contribution in [3.63, 3.8) is 0 Å². The third-order valence-electron chi connectivity index (χ3n) is 3.44. The minimum absolute atomic E-state index is 0. The van der Waals surface area contributed by atoms with E-state index < -0.39 is 8.80 Å². The fraction of sp³-hybridized carbons (Fsp3) is 0.294. The zero-order chi connectivity index (χ0) is 13.9. The van der Waals surface area contributed by atoms with Gasteiger partial charge in [0.25, 0.3) is 0 Å². The van der Waals surface area contributed by atoms with E-state index in [1.165, 1.54) is 10.4 Å². The number of hydrogen-bond acceptors (Lipinski definition) is 0. The third-order valence-corrected chi connectivity index (χ3v) is 8.64. The molecule has 0 heterocycles. The van der Waals surface area contributed by atoms with E-state index in [1.807, 2.05) is 0 Å². The second-order valence-corrected chi connectivity index (χ2v) is 9.91. The topological polar surface area (TPSA) is 0 Å². The van der Waals surface area contributed by atoms with E-state index >= 15 is 0 Å². The van der Waals surface area contributed by atoms with Crippen LogP contribution in [-0.4, -0.2) is 36.8 Å². The summed E-state index contributed by atoms with van der Waals surface area (Å²) in [5.74, 6) is 0. The Bertz CT molecular complexity index is 478. The molecule has 0 aliphatic rings. The number of rotatable bonds is 3. The molecular formula is C17H23ClMgSi. The normalized spacial score (nSPS) is 12.8. The second kappa shape index (κ2) is 7.64. The van der Waals surface area contributed by atoms with Gasteiger partial charge in [0.15, 0.2) is 0 Å². The van der Waals surface area contributed by atoms with E-state index in [-0.39, 0.29) is 36.3 Å². The van der Waals surface area contributed by atoms with Crippen LogP contribution in [0.2, 0.25) is 0 Å². The standard InChI is InChI=1S/C17H21ClSi.Mg.2H/c1-17(2,3)16(18)19(14-10-6-4-7-11-14)15-12-8-5-9-13-15;;;/h4-13,16,19H,1-3H3;;;/q;+2;2*-1. The van der Waals surface area contributed by atoms with Crippen molar-refractivity contribution in [3.8, 4) is 0 Å². The van der Waals surface area contributed by atoms with Crippen LogP contribution in [0.5, 0.6) is 0 Å². The maximum Gasteiger partial charge on any atom is 2.00 e. The largest absolute Gasteiger partial charge is 2.00 e. The van der Waals surface area contributed by atoms with Crippen molar-refractivity contribution in [2.45, 2.75) is 25.8 Å². The second-order valence-electron chi connectivity index (χ2n) is 6.07. The molecule has 0 aliphatic heterocycles. The van der Waals surface area contributed by atoms with Crippen LogP contribution < -0.4 is 10.4 Å². The van der Waals surface area contributed by atoms with Crippen LogP contribution in [0.1, 0.15) is 23.6 Å². The average molecular weight is 315 g/mol. The molecule has 0 radical (unpaired) electrons. The van der Waals surface area contributed by atoms with E-state index in [4.69, 9.17) is 11.6 Å². The molecule has 2 aromatic rings. The summed E-state index contributed by atoms with van der Waals surface area (Å²) < 4.78 is 0. The summed E-state index contributed by atoms with van der Waals surface area (Å²) in [5, 5.41) is 3.03. The minimum Gasteiger partial charge on any atom is -1.00 e. The summed E-state index contributed by atoms with van der Waals surface area (Å²) in [5.41, 5.74) is 0.115. The number of hydrogen-bond donors (Lipinski definition) is 0. The van der Waals surface area contributed by atoms with Crippen molar-refractivity contribution < 1.29 is 2.85 Å². The average Bonchev–Trinajstić information content (AvgIpc) is 2.40. The van der Waals surface area contributed by atoms with Gasteiger partial charge >= 0.3 is 23.1 Å². The quantitative estimate of drug-likeness (QED) is 0.603. The van der Waals surface area contributed by atoms with E-state index in [0.717, 1.165) is 0 Å². The Labute approximate surface area is 148 Å². The molecule has 0 nitrogen and oxygen atoms in total. The van der Waals surface area contributed by atoms with Gasteiger partial charge in [-0.15, -0.1) is 11.6 Å². The summed E-state index contributed by atoms with van der Waals surface area (Å²) in [6, 6.07) is 21.5. The van der Waals surface area contributed by atoms with Crippen molar-refractivity contribution in [2.24, 2.45) is 5.41 Å². The van der Waals surface area contributed by atoms with E-state index in [0.29, 0.717) is 0 Å². The zero-order valence-electron chi connectivity index (χ0n) is 14.5. The summed E-state index contributed by atoms with van der Waals surface area (Å²) in [4.78, 5) is 0. The van der Waals surface area contributed by atoms with Crippen LogP contribution in [0, 0.1) is 5.41 Å². The van der Waals surface area contributed by atoms with Crippen LogP contribution in [0.15, 0.2) is 60.7 Å². The minimum atomic E-state index is -1.40. The molecule has 0 aliphatic carbocycles. The predicted molar refractivity (Wildman–Crippen MR) is 96.4 cm³/mol. The Morgan fingerprint density at radius 1 is 0.850 bits per heavy atom. The van der Waals surface area contributed by atoms with Gasteiger partial charge in [0, 0.05) is 5.00 Å². The molecule has 2 rings (SSSR count). The van der Waals surface area contributed by atoms with Gasteiger partial charge < -0.3 is 2.85 Å². The molecule has 0 saturated carbocycles. The summed E-state index contributed by atoms with van der Waals surface area (Å²) in [6.07, 6.45) is 0. The molecule has 0 saturated heterocycles. The molecule has 0 fully saturated rings. The van der Waals surface area contributed by atoms with E-state index in [1.54, 1.807) is 0 Å².